The molecule has 4 rings (SSSR count). The second kappa shape index (κ2) is 9.30. The maximum Gasteiger partial charge on any atom is 0.410 e. The van der Waals surface area contributed by atoms with Gasteiger partial charge in [-0.3, -0.25) is 4.90 Å². The summed E-state index contributed by atoms with van der Waals surface area (Å²) in [5.41, 5.74) is 3.25. The van der Waals surface area contributed by atoms with Gasteiger partial charge in [-0.05, 0) is 35.4 Å². The molecule has 0 saturated heterocycles. The molecule has 1 amide bonds. The fourth-order valence-electron chi connectivity index (χ4n) is 3.58. The van der Waals surface area contributed by atoms with Crippen molar-refractivity contribution in [3.8, 4) is 0 Å². The quantitative estimate of drug-likeness (QED) is 0.579. The van der Waals surface area contributed by atoms with Crippen LogP contribution in [0.25, 0.3) is 5.70 Å². The Kier molecular flexibility index (Phi) is 6.12. The van der Waals surface area contributed by atoms with Crippen molar-refractivity contribution in [2.75, 3.05) is 13.7 Å². The molecular weight excluding hydrogens is 394 g/mol. The van der Waals surface area contributed by atoms with Crippen LogP contribution in [-0.4, -0.2) is 40.4 Å². The fourth-order valence-corrected chi connectivity index (χ4v) is 3.58. The number of ether oxygens (including phenoxy) is 2. The van der Waals surface area contributed by atoms with Gasteiger partial charge in [0.1, 0.15) is 6.61 Å². The lowest BCUT2D eigenvalue weighted by Crippen LogP contribution is -2.38. The largest absolute Gasteiger partial charge is 0.465 e. The number of carbonyl (C=O) groups excluding carboxylic acids is 2. The van der Waals surface area contributed by atoms with Crippen LogP contribution in [0.3, 0.4) is 0 Å². The van der Waals surface area contributed by atoms with Crippen molar-refractivity contribution < 1.29 is 19.1 Å². The number of nitrogens with zero attached hydrogens (tertiary/aromatic N) is 3. The van der Waals surface area contributed by atoms with Gasteiger partial charge in [0.2, 0.25) is 0 Å². The zero-order valence-corrected chi connectivity index (χ0v) is 17.2. The van der Waals surface area contributed by atoms with Crippen molar-refractivity contribution in [2.45, 2.75) is 19.1 Å². The molecule has 7 nitrogen and oxygen atoms in total. The molecule has 7 heteroatoms. The Labute approximate surface area is 180 Å². The Balaban J connectivity index is 1.59. The van der Waals surface area contributed by atoms with Crippen LogP contribution in [0, 0.1) is 0 Å². The van der Waals surface area contributed by atoms with Gasteiger partial charge < -0.3 is 9.47 Å². The van der Waals surface area contributed by atoms with Gasteiger partial charge in [-0.2, -0.15) is 5.10 Å². The van der Waals surface area contributed by atoms with Gasteiger partial charge in [0.25, 0.3) is 0 Å². The molecule has 0 spiro atoms. The molecule has 0 aliphatic carbocycles. The molecule has 1 atom stereocenters. The number of carbonyl (C=O) groups is 2. The number of benzene rings is 2. The van der Waals surface area contributed by atoms with Crippen molar-refractivity contribution >= 4 is 17.8 Å². The summed E-state index contributed by atoms with van der Waals surface area (Å²) in [4.78, 5) is 26.4. The van der Waals surface area contributed by atoms with E-state index in [2.05, 4.69) is 5.10 Å². The van der Waals surface area contributed by atoms with E-state index in [0.717, 1.165) is 16.8 Å². The number of esters is 1. The average molecular weight is 417 g/mol. The van der Waals surface area contributed by atoms with Crippen molar-refractivity contribution in [2.24, 2.45) is 0 Å². The van der Waals surface area contributed by atoms with Crippen LogP contribution in [0.4, 0.5) is 4.79 Å². The van der Waals surface area contributed by atoms with Crippen LogP contribution in [0.1, 0.15) is 33.9 Å². The second-order valence-corrected chi connectivity index (χ2v) is 7.15. The first kappa shape index (κ1) is 20.4. The van der Waals surface area contributed by atoms with E-state index >= 15 is 0 Å². The van der Waals surface area contributed by atoms with Crippen LogP contribution < -0.4 is 0 Å². The molecule has 0 radical (unpaired) electrons. The third-order valence-electron chi connectivity index (χ3n) is 5.21. The smallest absolute Gasteiger partial charge is 0.410 e. The minimum absolute atomic E-state index is 0.208. The molecule has 2 aromatic carbocycles. The topological polar surface area (TPSA) is 73.7 Å². The van der Waals surface area contributed by atoms with Crippen molar-refractivity contribution in [3.63, 3.8) is 0 Å². The van der Waals surface area contributed by atoms with Gasteiger partial charge in [-0.25, -0.2) is 14.3 Å². The molecule has 1 aliphatic heterocycles. The number of aromatic nitrogens is 2. The average Bonchev–Trinajstić information content (AvgIpc) is 3.37. The molecule has 0 saturated carbocycles. The lowest BCUT2D eigenvalue weighted by atomic mass is 9.98. The van der Waals surface area contributed by atoms with E-state index in [-0.39, 0.29) is 18.7 Å². The molecule has 0 bridgehead atoms. The molecule has 1 aromatic heterocycles. The Morgan fingerprint density at radius 2 is 1.84 bits per heavy atom. The monoisotopic (exact) mass is 417 g/mol. The highest BCUT2D eigenvalue weighted by molar-refractivity contribution is 5.89. The van der Waals surface area contributed by atoms with E-state index in [1.165, 1.54) is 7.11 Å². The van der Waals surface area contributed by atoms with Crippen LogP contribution in [-0.2, 0) is 16.1 Å². The summed E-state index contributed by atoms with van der Waals surface area (Å²) in [6, 6.07) is 18.2. The Morgan fingerprint density at radius 3 is 2.52 bits per heavy atom. The lowest BCUT2D eigenvalue weighted by molar-refractivity contribution is 0.0600. The molecule has 0 fully saturated rings. The van der Waals surface area contributed by atoms with Crippen molar-refractivity contribution in [1.82, 2.24) is 14.7 Å². The number of rotatable bonds is 5. The second-order valence-electron chi connectivity index (χ2n) is 7.15. The first-order chi connectivity index (χ1) is 15.2. The van der Waals surface area contributed by atoms with Gasteiger partial charge in [0.15, 0.2) is 0 Å². The highest BCUT2D eigenvalue weighted by Gasteiger charge is 2.29. The number of hydrogen-bond acceptors (Lipinski definition) is 5. The number of amides is 1. The summed E-state index contributed by atoms with van der Waals surface area (Å²) in [5.74, 6) is -0.401. The third kappa shape index (κ3) is 4.66. The SMILES string of the molecule is COC(=O)c1ccc([C@@H]2C=C(n3cccn3)CCN2C(=O)OCc2ccccc2)cc1. The van der Waals surface area contributed by atoms with E-state index in [1.807, 2.05) is 65.5 Å². The highest BCUT2D eigenvalue weighted by atomic mass is 16.6. The molecular formula is C24H23N3O4. The summed E-state index contributed by atoms with van der Waals surface area (Å²) in [7, 11) is 1.35. The van der Waals surface area contributed by atoms with E-state index in [9.17, 15) is 9.59 Å². The number of methoxy groups -OCH3 is 1. The predicted molar refractivity (Wildman–Crippen MR) is 115 cm³/mol. The Morgan fingerprint density at radius 1 is 1.06 bits per heavy atom. The van der Waals surface area contributed by atoms with Gasteiger partial charge in [0.05, 0.1) is 18.7 Å². The maximum absolute atomic E-state index is 12.9. The maximum atomic E-state index is 12.9. The lowest BCUT2D eigenvalue weighted by Gasteiger charge is -2.34. The summed E-state index contributed by atoms with van der Waals surface area (Å²) in [6.07, 6.45) is 5.88. The van der Waals surface area contributed by atoms with E-state index in [0.29, 0.717) is 18.5 Å². The zero-order valence-electron chi connectivity index (χ0n) is 17.2. The van der Waals surface area contributed by atoms with Gasteiger partial charge in [-0.15, -0.1) is 0 Å². The van der Waals surface area contributed by atoms with E-state index in [1.54, 1.807) is 23.2 Å². The van der Waals surface area contributed by atoms with Crippen LogP contribution in [0.15, 0.2) is 79.1 Å². The van der Waals surface area contributed by atoms with Crippen LogP contribution in [0.5, 0.6) is 0 Å². The van der Waals surface area contributed by atoms with Crippen LogP contribution >= 0.6 is 0 Å². The normalized spacial score (nSPS) is 15.8. The van der Waals surface area contributed by atoms with Crippen molar-refractivity contribution in [3.05, 3.63) is 95.8 Å². The van der Waals surface area contributed by atoms with Gasteiger partial charge >= 0.3 is 12.1 Å². The highest BCUT2D eigenvalue weighted by Crippen LogP contribution is 2.32. The molecule has 2 heterocycles. The van der Waals surface area contributed by atoms with E-state index < -0.39 is 5.97 Å². The van der Waals surface area contributed by atoms with E-state index in [4.69, 9.17) is 9.47 Å². The minimum Gasteiger partial charge on any atom is -0.465 e. The summed E-state index contributed by atoms with van der Waals surface area (Å²) >= 11 is 0. The predicted octanol–water partition coefficient (Wildman–Crippen LogP) is 4.29. The fraction of sp³-hybridized carbons (Fsp3) is 0.208. The number of hydrogen-bond donors (Lipinski definition) is 0. The molecule has 0 N–H and O–H groups in total. The van der Waals surface area contributed by atoms with Gasteiger partial charge in [0, 0.05) is 31.1 Å². The Hall–Kier alpha value is -3.87. The third-order valence-corrected chi connectivity index (χ3v) is 5.21. The standard InChI is InChI=1S/C24H23N3O4/c1-30-23(28)20-10-8-19(9-11-20)22-16-21(27-14-5-13-25-27)12-15-26(22)24(29)31-17-18-6-3-2-4-7-18/h2-11,13-14,16,22H,12,15,17H2,1H3/t22-/m0/s1. The first-order valence-corrected chi connectivity index (χ1v) is 10.0. The van der Waals surface area contributed by atoms with Crippen molar-refractivity contribution in [1.29, 1.82) is 0 Å². The minimum atomic E-state index is -0.401. The summed E-state index contributed by atoms with van der Waals surface area (Å²) in [6.45, 7) is 0.697. The van der Waals surface area contributed by atoms with Gasteiger partial charge in [-0.1, -0.05) is 42.5 Å². The molecule has 0 unspecified atom stereocenters. The summed E-state index contributed by atoms with van der Waals surface area (Å²) in [5, 5.41) is 4.31. The molecule has 31 heavy (non-hydrogen) atoms. The first-order valence-electron chi connectivity index (χ1n) is 10.0. The Bertz CT molecular complexity index is 1060. The van der Waals surface area contributed by atoms with Crippen LogP contribution in [0.2, 0.25) is 0 Å². The molecule has 1 aliphatic rings. The molecule has 158 valence electrons. The molecule has 3 aromatic rings. The summed E-state index contributed by atoms with van der Waals surface area (Å²) < 4.78 is 12.2. The zero-order chi connectivity index (χ0) is 21.6.